The fourth-order valence-corrected chi connectivity index (χ4v) is 0. The summed E-state index contributed by atoms with van der Waals surface area (Å²) in [4.78, 5) is 0. The Morgan fingerprint density at radius 2 is 1.57 bits per heavy atom. The van der Waals surface area contributed by atoms with Gasteiger partial charge in [0.2, 0.25) is 0 Å². The zero-order valence-electron chi connectivity index (χ0n) is 2.53. The fourth-order valence-electron chi connectivity index (χ4n) is 0. The average molecular weight is 170 g/mol. The maximum atomic E-state index is 9.57. The first-order valence-electron chi connectivity index (χ1n) is 0.865. The van der Waals surface area contributed by atoms with Crippen molar-refractivity contribution in [1.82, 2.24) is 0 Å². The summed E-state index contributed by atoms with van der Waals surface area (Å²) in [6, 6.07) is 0. The van der Waals surface area contributed by atoms with E-state index < -0.39 is 9.15 Å². The van der Waals surface area contributed by atoms with Crippen LogP contribution in [0.4, 0.5) is 0 Å². The van der Waals surface area contributed by atoms with Gasteiger partial charge in [0.1, 0.15) is 0 Å². The Morgan fingerprint density at radius 1 is 1.43 bits per heavy atom. The third-order valence-corrected chi connectivity index (χ3v) is 1.45. The maximum absolute atomic E-state index is 9.57. The van der Waals surface area contributed by atoms with Crippen LogP contribution in [0.15, 0.2) is 0 Å². The van der Waals surface area contributed by atoms with E-state index in [-0.39, 0.29) is 29.6 Å². The standard InChI is InChI=1S/Na.H2O3S3.H/c;1-6(2,5)3-4;/h;4H,(H,1,2,5);. The first kappa shape index (κ1) is 11.4. The summed E-state index contributed by atoms with van der Waals surface area (Å²) in [6.07, 6.45) is 0. The van der Waals surface area contributed by atoms with Crippen molar-refractivity contribution < 1.29 is 12.0 Å². The molecule has 7 heteroatoms. The minimum absolute atomic E-state index is 0. The second-order valence-electron chi connectivity index (χ2n) is 0.502. The van der Waals surface area contributed by atoms with Crippen molar-refractivity contribution in [3.63, 3.8) is 0 Å². The molecule has 0 saturated carbocycles. The van der Waals surface area contributed by atoms with E-state index in [1.807, 2.05) is 0 Å². The van der Waals surface area contributed by atoms with Crippen molar-refractivity contribution in [3.05, 3.63) is 0 Å². The summed E-state index contributed by atoms with van der Waals surface area (Å²) in [5.41, 5.74) is 0. The topological polar surface area (TPSA) is 43.4 Å². The molecule has 40 valence electrons. The van der Waals surface area contributed by atoms with Gasteiger partial charge in [0, 0.05) is 0 Å². The summed E-state index contributed by atoms with van der Waals surface area (Å²) in [7, 11) is -3.60. The SMILES string of the molecule is O=S(=O)(S)OS.[NaH]. The molecule has 0 N–H and O–H groups in total. The molecular weight excluding hydrogens is 167 g/mol. The zero-order valence-corrected chi connectivity index (χ0v) is 5.13. The van der Waals surface area contributed by atoms with Crippen LogP contribution in [0.25, 0.3) is 0 Å². The van der Waals surface area contributed by atoms with Crippen LogP contribution in [0.2, 0.25) is 0 Å². The molecule has 0 radical (unpaired) electrons. The summed E-state index contributed by atoms with van der Waals surface area (Å²) in [5.74, 6) is 0. The molecule has 0 fully saturated rings. The monoisotopic (exact) mass is 170 g/mol. The van der Waals surface area contributed by atoms with Gasteiger partial charge in [0.25, 0.3) is 0 Å². The van der Waals surface area contributed by atoms with Gasteiger partial charge in [-0.25, -0.2) is 0 Å². The zero-order chi connectivity index (χ0) is 5.21. The van der Waals surface area contributed by atoms with Gasteiger partial charge in [-0.3, -0.25) is 0 Å². The molecule has 3 nitrogen and oxygen atoms in total. The van der Waals surface area contributed by atoms with E-state index in [0.717, 1.165) is 0 Å². The van der Waals surface area contributed by atoms with Gasteiger partial charge in [-0.05, 0) is 24.6 Å². The van der Waals surface area contributed by atoms with Gasteiger partial charge in [-0.1, -0.05) is 0 Å². The molecule has 0 aromatic heterocycles. The molecule has 0 rings (SSSR count). The van der Waals surface area contributed by atoms with E-state index in [1.54, 1.807) is 0 Å². The summed E-state index contributed by atoms with van der Waals surface area (Å²) in [5, 5.41) is 0. The van der Waals surface area contributed by atoms with E-state index in [9.17, 15) is 8.42 Å². The number of thiol groups is 2. The van der Waals surface area contributed by atoms with Crippen LogP contribution >= 0.6 is 24.6 Å². The Bertz CT molecular complexity index is 112. The predicted octanol–water partition coefficient (Wildman–Crippen LogP) is -0.626. The van der Waals surface area contributed by atoms with Crippen molar-refractivity contribution >= 4 is 63.3 Å². The van der Waals surface area contributed by atoms with Crippen LogP contribution in [-0.2, 0) is 12.8 Å². The Balaban J connectivity index is 0. The molecule has 0 aromatic rings. The molecule has 0 unspecified atom stereocenters. The van der Waals surface area contributed by atoms with Crippen molar-refractivity contribution in [2.24, 2.45) is 0 Å². The summed E-state index contributed by atoms with van der Waals surface area (Å²) < 4.78 is 22.6. The normalized spacial score (nSPS) is 10.0. The van der Waals surface area contributed by atoms with Gasteiger partial charge in [0.15, 0.2) is 0 Å². The van der Waals surface area contributed by atoms with Gasteiger partial charge in [-0.2, -0.15) is 12.0 Å². The first-order chi connectivity index (χ1) is 2.56. The molecule has 0 saturated heterocycles. The van der Waals surface area contributed by atoms with Crippen molar-refractivity contribution in [2.75, 3.05) is 0 Å². The fraction of sp³-hybridized carbons (Fsp3) is 0. The molecule has 0 heterocycles. The van der Waals surface area contributed by atoms with Crippen LogP contribution in [0.5, 0.6) is 0 Å². The Hall–Kier alpha value is 1.61. The average Bonchev–Trinajstić information content (AvgIpc) is 1.35. The second-order valence-corrected chi connectivity index (χ2v) is 3.30. The van der Waals surface area contributed by atoms with Gasteiger partial charge < -0.3 is 0 Å². The quantitative estimate of drug-likeness (QED) is 0.238. The Kier molecular flexibility index (Phi) is 7.31. The van der Waals surface area contributed by atoms with Crippen molar-refractivity contribution in [1.29, 1.82) is 0 Å². The molecule has 0 aliphatic carbocycles. The number of rotatable bonds is 1. The summed E-state index contributed by atoms with van der Waals surface area (Å²) >= 11 is 5.86. The Morgan fingerprint density at radius 3 is 1.57 bits per heavy atom. The number of hydrogen-bond acceptors (Lipinski definition) is 4. The molecule has 0 aromatic carbocycles. The van der Waals surface area contributed by atoms with Crippen LogP contribution < -0.4 is 0 Å². The van der Waals surface area contributed by atoms with Crippen LogP contribution in [-0.4, -0.2) is 38.0 Å². The predicted molar refractivity (Wildman–Crippen MR) is 35.1 cm³/mol. The molecular formula is H3NaO3S3. The molecule has 0 bridgehead atoms. The molecule has 0 aliphatic rings. The first-order valence-corrected chi connectivity index (χ1v) is 3.69. The molecule has 7 heavy (non-hydrogen) atoms. The Labute approximate surface area is 74.7 Å². The molecule has 0 amide bonds. The van der Waals surface area contributed by atoms with E-state index in [4.69, 9.17) is 0 Å². The molecule has 0 spiro atoms. The van der Waals surface area contributed by atoms with Crippen molar-refractivity contribution in [3.8, 4) is 0 Å². The molecule has 0 atom stereocenters. The van der Waals surface area contributed by atoms with Crippen LogP contribution in [0.1, 0.15) is 0 Å². The third kappa shape index (κ3) is 11.3. The summed E-state index contributed by atoms with van der Waals surface area (Å²) in [6.45, 7) is 0. The van der Waals surface area contributed by atoms with E-state index in [2.05, 4.69) is 28.2 Å². The van der Waals surface area contributed by atoms with Gasteiger partial charge >= 0.3 is 38.7 Å². The third-order valence-electron chi connectivity index (χ3n) is 0.0942. The second kappa shape index (κ2) is 4.49. The van der Waals surface area contributed by atoms with E-state index in [0.29, 0.717) is 0 Å². The minimum atomic E-state index is -3.60. The number of hydrogen-bond donors (Lipinski definition) is 2. The van der Waals surface area contributed by atoms with Crippen LogP contribution in [0, 0.1) is 0 Å². The molecule has 0 aliphatic heterocycles. The van der Waals surface area contributed by atoms with Gasteiger partial charge in [-0.15, -0.1) is 0 Å². The van der Waals surface area contributed by atoms with E-state index >= 15 is 0 Å². The van der Waals surface area contributed by atoms with E-state index in [1.165, 1.54) is 0 Å². The van der Waals surface area contributed by atoms with Gasteiger partial charge in [0.05, 0.1) is 0 Å². The van der Waals surface area contributed by atoms with Crippen LogP contribution in [0.3, 0.4) is 0 Å². The van der Waals surface area contributed by atoms with Crippen molar-refractivity contribution in [2.45, 2.75) is 0 Å².